The van der Waals surface area contributed by atoms with Crippen molar-refractivity contribution >= 4 is 33.3 Å². The van der Waals surface area contributed by atoms with Crippen molar-refractivity contribution in [3.8, 4) is 0 Å². The highest BCUT2D eigenvalue weighted by Gasteiger charge is 2.07. The SMILES string of the molecule is Cl.NS(=O)(=O)c1ccc2[nH]ccc2c1. The number of primary sulfonamides is 1. The van der Waals surface area contributed by atoms with Crippen LogP contribution in [0.3, 0.4) is 0 Å². The van der Waals surface area contributed by atoms with E-state index in [1.807, 2.05) is 0 Å². The monoisotopic (exact) mass is 232 g/mol. The molecule has 0 amide bonds. The second-order valence-corrected chi connectivity index (χ2v) is 4.33. The standard InChI is InChI=1S/C8H8N2O2S.ClH/c9-13(11,12)7-1-2-8-6(5-7)3-4-10-8;/h1-5,10H,(H2,9,11,12);1H. The maximum atomic E-state index is 11.0. The number of benzene rings is 1. The molecule has 0 saturated carbocycles. The van der Waals surface area contributed by atoms with E-state index in [0.29, 0.717) is 0 Å². The van der Waals surface area contributed by atoms with Crippen molar-refractivity contribution < 1.29 is 8.42 Å². The van der Waals surface area contributed by atoms with E-state index in [4.69, 9.17) is 5.14 Å². The molecule has 0 aliphatic carbocycles. The Morgan fingerprint density at radius 1 is 1.21 bits per heavy atom. The Bertz CT molecular complexity index is 547. The van der Waals surface area contributed by atoms with Gasteiger partial charge in [0.15, 0.2) is 0 Å². The number of aromatic nitrogens is 1. The van der Waals surface area contributed by atoms with Gasteiger partial charge >= 0.3 is 0 Å². The molecule has 1 heterocycles. The van der Waals surface area contributed by atoms with Gasteiger partial charge in [-0.15, -0.1) is 12.4 Å². The van der Waals surface area contributed by atoms with Crippen LogP contribution in [0.4, 0.5) is 0 Å². The van der Waals surface area contributed by atoms with Crippen molar-refractivity contribution in [2.24, 2.45) is 5.14 Å². The van der Waals surface area contributed by atoms with E-state index in [9.17, 15) is 8.42 Å². The Morgan fingerprint density at radius 3 is 2.57 bits per heavy atom. The van der Waals surface area contributed by atoms with Crippen LogP contribution in [0.25, 0.3) is 10.9 Å². The molecule has 1 aromatic carbocycles. The number of fused-ring (bicyclic) bond motifs is 1. The van der Waals surface area contributed by atoms with Gasteiger partial charge in [-0.3, -0.25) is 0 Å². The van der Waals surface area contributed by atoms with Crippen LogP contribution in [0.2, 0.25) is 0 Å². The minimum absolute atomic E-state index is 0. The maximum Gasteiger partial charge on any atom is 0.238 e. The van der Waals surface area contributed by atoms with Gasteiger partial charge in [-0.2, -0.15) is 0 Å². The molecule has 0 fully saturated rings. The Hall–Kier alpha value is -1.04. The summed E-state index contributed by atoms with van der Waals surface area (Å²) in [6, 6.07) is 6.51. The molecule has 0 aliphatic rings. The molecule has 2 aromatic rings. The van der Waals surface area contributed by atoms with Gasteiger partial charge in [-0.05, 0) is 24.3 Å². The minimum atomic E-state index is -3.59. The van der Waals surface area contributed by atoms with Crippen molar-refractivity contribution in [2.45, 2.75) is 4.90 Å². The summed E-state index contributed by atoms with van der Waals surface area (Å²) in [7, 11) is -3.59. The van der Waals surface area contributed by atoms with Gasteiger partial charge in [0.25, 0.3) is 0 Å². The lowest BCUT2D eigenvalue weighted by atomic mass is 10.2. The molecular weight excluding hydrogens is 224 g/mol. The van der Waals surface area contributed by atoms with Gasteiger partial charge in [0.05, 0.1) is 4.90 Å². The molecule has 1 aromatic heterocycles. The molecule has 0 unspecified atom stereocenters. The summed E-state index contributed by atoms with van der Waals surface area (Å²) < 4.78 is 21.9. The summed E-state index contributed by atoms with van der Waals surface area (Å²) >= 11 is 0. The van der Waals surface area contributed by atoms with Gasteiger partial charge in [0.1, 0.15) is 0 Å². The number of rotatable bonds is 1. The number of hydrogen-bond acceptors (Lipinski definition) is 2. The van der Waals surface area contributed by atoms with Crippen LogP contribution < -0.4 is 5.14 Å². The highest BCUT2D eigenvalue weighted by Crippen LogP contribution is 2.16. The predicted octanol–water partition coefficient (Wildman–Crippen LogP) is 1.24. The molecular formula is C8H9ClN2O2S. The summed E-state index contributed by atoms with van der Waals surface area (Å²) in [5.41, 5.74) is 0.896. The molecule has 4 nitrogen and oxygen atoms in total. The summed E-state index contributed by atoms with van der Waals surface area (Å²) in [6.07, 6.45) is 1.75. The van der Waals surface area contributed by atoms with Gasteiger partial charge in [-0.25, -0.2) is 13.6 Å². The Balaban J connectivity index is 0.000000980. The van der Waals surface area contributed by atoms with Crippen LogP contribution in [0, 0.1) is 0 Å². The maximum absolute atomic E-state index is 11.0. The highest BCUT2D eigenvalue weighted by atomic mass is 35.5. The zero-order chi connectivity index (χ0) is 9.47. The van der Waals surface area contributed by atoms with Crippen molar-refractivity contribution in [2.75, 3.05) is 0 Å². The first-order valence-electron chi connectivity index (χ1n) is 3.67. The Labute approximate surface area is 87.6 Å². The smallest absolute Gasteiger partial charge is 0.238 e. The van der Waals surface area contributed by atoms with Gasteiger partial charge in [0.2, 0.25) is 10.0 Å². The number of H-pyrrole nitrogens is 1. The summed E-state index contributed by atoms with van der Waals surface area (Å²) in [5, 5.41) is 5.82. The normalized spacial score (nSPS) is 11.2. The third-order valence-electron chi connectivity index (χ3n) is 1.85. The molecule has 0 atom stereocenters. The molecule has 0 radical (unpaired) electrons. The first kappa shape index (κ1) is 11.0. The largest absolute Gasteiger partial charge is 0.361 e. The molecule has 3 N–H and O–H groups in total. The predicted molar refractivity (Wildman–Crippen MR) is 56.9 cm³/mol. The molecule has 2 rings (SSSR count). The van der Waals surface area contributed by atoms with Crippen LogP contribution >= 0.6 is 12.4 Å². The molecule has 0 aliphatic heterocycles. The van der Waals surface area contributed by atoms with Crippen molar-refractivity contribution in [1.29, 1.82) is 0 Å². The molecule has 0 saturated heterocycles. The summed E-state index contributed by atoms with van der Waals surface area (Å²) in [4.78, 5) is 3.10. The number of nitrogens with one attached hydrogen (secondary N) is 1. The van der Waals surface area contributed by atoms with E-state index < -0.39 is 10.0 Å². The fourth-order valence-electron chi connectivity index (χ4n) is 1.21. The number of halogens is 1. The average molecular weight is 233 g/mol. The summed E-state index contributed by atoms with van der Waals surface area (Å²) in [6.45, 7) is 0. The second kappa shape index (κ2) is 3.61. The zero-order valence-corrected chi connectivity index (χ0v) is 8.73. The number of hydrogen-bond donors (Lipinski definition) is 2. The van der Waals surface area contributed by atoms with E-state index in [1.54, 1.807) is 24.4 Å². The fraction of sp³-hybridized carbons (Fsp3) is 0. The lowest BCUT2D eigenvalue weighted by Gasteiger charge is -1.96. The molecule has 14 heavy (non-hydrogen) atoms. The van der Waals surface area contributed by atoms with E-state index >= 15 is 0 Å². The molecule has 0 spiro atoms. The van der Waals surface area contributed by atoms with Gasteiger partial charge in [-0.1, -0.05) is 0 Å². The van der Waals surface area contributed by atoms with Crippen LogP contribution in [0.1, 0.15) is 0 Å². The fourth-order valence-corrected chi connectivity index (χ4v) is 1.76. The van der Waals surface area contributed by atoms with Gasteiger partial charge < -0.3 is 4.98 Å². The first-order valence-corrected chi connectivity index (χ1v) is 5.22. The van der Waals surface area contributed by atoms with Crippen LogP contribution in [-0.4, -0.2) is 13.4 Å². The molecule has 6 heteroatoms. The van der Waals surface area contributed by atoms with Crippen molar-refractivity contribution in [3.05, 3.63) is 30.5 Å². The zero-order valence-electron chi connectivity index (χ0n) is 7.10. The lowest BCUT2D eigenvalue weighted by molar-refractivity contribution is 0.598. The number of sulfonamides is 1. The van der Waals surface area contributed by atoms with Crippen LogP contribution in [0.5, 0.6) is 0 Å². The number of nitrogens with two attached hydrogens (primary N) is 1. The third-order valence-corrected chi connectivity index (χ3v) is 2.76. The van der Waals surface area contributed by atoms with Crippen molar-refractivity contribution in [1.82, 2.24) is 4.98 Å². The van der Waals surface area contributed by atoms with Crippen molar-refractivity contribution in [3.63, 3.8) is 0 Å². The summed E-state index contributed by atoms with van der Waals surface area (Å²) in [5.74, 6) is 0. The molecule has 76 valence electrons. The van der Waals surface area contributed by atoms with Gasteiger partial charge in [0, 0.05) is 17.1 Å². The first-order chi connectivity index (χ1) is 6.07. The second-order valence-electron chi connectivity index (χ2n) is 2.77. The number of aromatic amines is 1. The Morgan fingerprint density at radius 2 is 1.93 bits per heavy atom. The van der Waals surface area contributed by atoms with E-state index in [-0.39, 0.29) is 17.3 Å². The molecule has 0 bridgehead atoms. The Kier molecular flexibility index (Phi) is 2.84. The third kappa shape index (κ3) is 1.89. The average Bonchev–Trinajstić information content (AvgIpc) is 2.47. The topological polar surface area (TPSA) is 76.0 Å². The quantitative estimate of drug-likeness (QED) is 0.776. The van der Waals surface area contributed by atoms with E-state index in [2.05, 4.69) is 4.98 Å². The highest BCUT2D eigenvalue weighted by molar-refractivity contribution is 7.89. The van der Waals surface area contributed by atoms with E-state index in [1.165, 1.54) is 6.07 Å². The minimum Gasteiger partial charge on any atom is -0.361 e. The van der Waals surface area contributed by atoms with Crippen LogP contribution in [0.15, 0.2) is 35.4 Å². The van der Waals surface area contributed by atoms with E-state index in [0.717, 1.165) is 10.9 Å². The van der Waals surface area contributed by atoms with Crippen LogP contribution in [-0.2, 0) is 10.0 Å². The lowest BCUT2D eigenvalue weighted by Crippen LogP contribution is -2.11.